The number of nitrogens with one attached hydrogen (secondary N) is 1. The summed E-state index contributed by atoms with van der Waals surface area (Å²) >= 11 is 1.80. The van der Waals surface area contributed by atoms with Gasteiger partial charge in [0.2, 0.25) is 0 Å². The second-order valence-corrected chi connectivity index (χ2v) is 6.75. The van der Waals surface area contributed by atoms with E-state index in [1.165, 1.54) is 41.0 Å². The number of H-pyrrole nitrogens is 1. The molecule has 21 heavy (non-hydrogen) atoms. The maximum absolute atomic E-state index is 4.50. The minimum atomic E-state index is 0.614. The van der Waals surface area contributed by atoms with Gasteiger partial charge >= 0.3 is 0 Å². The van der Waals surface area contributed by atoms with Crippen molar-refractivity contribution < 1.29 is 0 Å². The van der Waals surface area contributed by atoms with Crippen LogP contribution in [0, 0.1) is 0 Å². The molecule has 0 aliphatic carbocycles. The molecular formula is C17H19N3S. The monoisotopic (exact) mass is 297 g/mol. The molecule has 0 radical (unpaired) electrons. The van der Waals surface area contributed by atoms with Crippen molar-refractivity contribution in [2.24, 2.45) is 0 Å². The lowest BCUT2D eigenvalue weighted by atomic mass is 9.98. The van der Waals surface area contributed by atoms with Crippen molar-refractivity contribution in [2.45, 2.75) is 25.3 Å². The van der Waals surface area contributed by atoms with Crippen molar-refractivity contribution >= 4 is 22.2 Å². The molecule has 4 heteroatoms. The van der Waals surface area contributed by atoms with Crippen molar-refractivity contribution in [2.75, 3.05) is 13.1 Å². The number of aromatic amines is 1. The van der Waals surface area contributed by atoms with Crippen LogP contribution in [0.25, 0.3) is 10.9 Å². The molecule has 3 heterocycles. The van der Waals surface area contributed by atoms with Crippen molar-refractivity contribution in [3.63, 3.8) is 0 Å². The van der Waals surface area contributed by atoms with Crippen LogP contribution in [0.5, 0.6) is 0 Å². The second-order valence-electron chi connectivity index (χ2n) is 5.83. The number of para-hydroxylation sites is 1. The fraction of sp³-hybridized carbons (Fsp3) is 0.353. The van der Waals surface area contributed by atoms with E-state index >= 15 is 0 Å². The van der Waals surface area contributed by atoms with Gasteiger partial charge in [0.15, 0.2) is 0 Å². The third-order valence-corrected chi connectivity index (χ3v) is 5.22. The number of nitrogens with zero attached hydrogens (tertiary/aromatic N) is 2. The van der Waals surface area contributed by atoms with E-state index in [-0.39, 0.29) is 0 Å². The minimum Gasteiger partial charge on any atom is -0.357 e. The number of hydrogen-bond acceptors (Lipinski definition) is 3. The molecule has 3 aromatic rings. The number of fused-ring (bicyclic) bond motifs is 1. The molecule has 1 atom stereocenters. The van der Waals surface area contributed by atoms with Crippen LogP contribution >= 0.6 is 11.3 Å². The molecule has 1 aliphatic rings. The molecule has 0 saturated carbocycles. The van der Waals surface area contributed by atoms with Crippen molar-refractivity contribution in [1.29, 1.82) is 0 Å². The molecule has 0 bridgehead atoms. The van der Waals surface area contributed by atoms with Gasteiger partial charge in [0.25, 0.3) is 0 Å². The highest BCUT2D eigenvalue weighted by molar-refractivity contribution is 7.09. The second kappa shape index (κ2) is 5.62. The van der Waals surface area contributed by atoms with Crippen LogP contribution in [0.4, 0.5) is 0 Å². The molecule has 0 amide bonds. The number of likely N-dealkylation sites (tertiary alicyclic amines) is 1. The van der Waals surface area contributed by atoms with Gasteiger partial charge < -0.3 is 4.98 Å². The SMILES string of the molecule is c1ccc2[nH]c(CN3CCCC(c4nccs4)C3)cc2c1. The quantitative estimate of drug-likeness (QED) is 0.792. The fourth-order valence-corrected chi connectivity index (χ4v) is 4.06. The third-order valence-electron chi connectivity index (χ3n) is 4.29. The highest BCUT2D eigenvalue weighted by atomic mass is 32.1. The van der Waals surface area contributed by atoms with Gasteiger partial charge in [0.05, 0.1) is 5.01 Å². The summed E-state index contributed by atoms with van der Waals surface area (Å²) in [7, 11) is 0. The highest BCUT2D eigenvalue weighted by Crippen LogP contribution is 2.29. The average molecular weight is 297 g/mol. The van der Waals surface area contributed by atoms with Crippen LogP contribution in [0.3, 0.4) is 0 Å². The summed E-state index contributed by atoms with van der Waals surface area (Å²) in [5.41, 5.74) is 2.55. The standard InChI is InChI=1S/C17H19N3S/c1-2-6-16-13(4-1)10-15(19-16)12-20-8-3-5-14(11-20)17-18-7-9-21-17/h1-2,4,6-7,9-10,14,19H,3,5,8,11-12H2. The number of thiazole rings is 1. The summed E-state index contributed by atoms with van der Waals surface area (Å²) in [6.07, 6.45) is 4.47. The zero-order valence-electron chi connectivity index (χ0n) is 12.0. The van der Waals surface area contributed by atoms with Crippen LogP contribution in [0.1, 0.15) is 29.5 Å². The van der Waals surface area contributed by atoms with Gasteiger partial charge in [-0.05, 0) is 36.9 Å². The van der Waals surface area contributed by atoms with E-state index in [0.29, 0.717) is 5.92 Å². The number of benzene rings is 1. The lowest BCUT2D eigenvalue weighted by molar-refractivity contribution is 0.198. The molecule has 1 N–H and O–H groups in total. The van der Waals surface area contributed by atoms with Gasteiger partial charge in [-0.3, -0.25) is 4.90 Å². The van der Waals surface area contributed by atoms with E-state index in [1.54, 1.807) is 11.3 Å². The van der Waals surface area contributed by atoms with Crippen LogP contribution in [-0.4, -0.2) is 28.0 Å². The third kappa shape index (κ3) is 2.74. The van der Waals surface area contributed by atoms with Crippen molar-refractivity contribution in [3.8, 4) is 0 Å². The van der Waals surface area contributed by atoms with Gasteiger partial charge in [0, 0.05) is 41.8 Å². The lowest BCUT2D eigenvalue weighted by Gasteiger charge is -2.31. The predicted molar refractivity (Wildman–Crippen MR) is 87.7 cm³/mol. The Morgan fingerprint density at radius 1 is 1.33 bits per heavy atom. The first kappa shape index (κ1) is 13.0. The summed E-state index contributed by atoms with van der Waals surface area (Å²) in [6.45, 7) is 3.33. The zero-order valence-corrected chi connectivity index (χ0v) is 12.8. The Hall–Kier alpha value is -1.65. The molecule has 1 unspecified atom stereocenters. The molecule has 3 nitrogen and oxygen atoms in total. The van der Waals surface area contributed by atoms with Crippen LogP contribution in [0.15, 0.2) is 41.9 Å². The molecular weight excluding hydrogens is 278 g/mol. The zero-order chi connectivity index (χ0) is 14.1. The Bertz CT molecular complexity index is 684. The smallest absolute Gasteiger partial charge is 0.0968 e. The summed E-state index contributed by atoms with van der Waals surface area (Å²) in [5, 5.41) is 4.70. The number of rotatable bonds is 3. The van der Waals surface area contributed by atoms with E-state index in [2.05, 4.69) is 50.6 Å². The van der Waals surface area contributed by atoms with Gasteiger partial charge in [0.1, 0.15) is 0 Å². The molecule has 1 saturated heterocycles. The average Bonchev–Trinajstić information content (AvgIpc) is 3.16. The summed E-state index contributed by atoms with van der Waals surface area (Å²) in [6, 6.07) is 10.8. The maximum atomic E-state index is 4.50. The molecule has 4 rings (SSSR count). The topological polar surface area (TPSA) is 31.9 Å². The molecule has 0 spiro atoms. The van der Waals surface area contributed by atoms with Gasteiger partial charge in [-0.1, -0.05) is 18.2 Å². The minimum absolute atomic E-state index is 0.614. The fourth-order valence-electron chi connectivity index (χ4n) is 3.30. The summed E-state index contributed by atoms with van der Waals surface area (Å²) < 4.78 is 0. The highest BCUT2D eigenvalue weighted by Gasteiger charge is 2.23. The van der Waals surface area contributed by atoms with Gasteiger partial charge in [-0.15, -0.1) is 11.3 Å². The van der Waals surface area contributed by atoms with Crippen molar-refractivity contribution in [1.82, 2.24) is 14.9 Å². The van der Waals surface area contributed by atoms with E-state index < -0.39 is 0 Å². The van der Waals surface area contributed by atoms with Crippen molar-refractivity contribution in [3.05, 3.63) is 52.6 Å². The summed E-state index contributed by atoms with van der Waals surface area (Å²) in [5.74, 6) is 0.614. The molecule has 1 fully saturated rings. The van der Waals surface area contributed by atoms with E-state index in [4.69, 9.17) is 0 Å². The maximum Gasteiger partial charge on any atom is 0.0968 e. The Balaban J connectivity index is 1.48. The van der Waals surface area contributed by atoms with Crippen LogP contribution < -0.4 is 0 Å². The Labute approximate surface area is 128 Å². The predicted octanol–water partition coefficient (Wildman–Crippen LogP) is 4.00. The van der Waals surface area contributed by atoms with E-state index in [1.807, 2.05) is 6.20 Å². The van der Waals surface area contributed by atoms with E-state index in [0.717, 1.165) is 13.1 Å². The van der Waals surface area contributed by atoms with Crippen LogP contribution in [0.2, 0.25) is 0 Å². The molecule has 2 aromatic heterocycles. The number of piperidine rings is 1. The van der Waals surface area contributed by atoms with Gasteiger partial charge in [-0.2, -0.15) is 0 Å². The number of hydrogen-bond donors (Lipinski definition) is 1. The molecule has 1 aliphatic heterocycles. The normalized spacial score (nSPS) is 20.1. The summed E-state index contributed by atoms with van der Waals surface area (Å²) in [4.78, 5) is 10.6. The van der Waals surface area contributed by atoms with E-state index in [9.17, 15) is 0 Å². The Morgan fingerprint density at radius 2 is 2.29 bits per heavy atom. The largest absolute Gasteiger partial charge is 0.357 e. The Morgan fingerprint density at radius 3 is 3.14 bits per heavy atom. The molecule has 1 aromatic carbocycles. The number of aromatic nitrogens is 2. The first-order chi connectivity index (χ1) is 10.4. The first-order valence-electron chi connectivity index (χ1n) is 7.57. The first-order valence-corrected chi connectivity index (χ1v) is 8.45. The van der Waals surface area contributed by atoms with Crippen LogP contribution in [-0.2, 0) is 6.54 Å². The Kier molecular flexibility index (Phi) is 3.49. The molecule has 108 valence electrons. The lowest BCUT2D eigenvalue weighted by Crippen LogP contribution is -2.33. The van der Waals surface area contributed by atoms with Gasteiger partial charge in [-0.25, -0.2) is 4.98 Å².